The van der Waals surface area contributed by atoms with Crippen LogP contribution in [0.2, 0.25) is 0 Å². The summed E-state index contributed by atoms with van der Waals surface area (Å²) in [5.74, 6) is 1.16. The van der Waals surface area contributed by atoms with Crippen molar-refractivity contribution < 1.29 is 4.79 Å². The van der Waals surface area contributed by atoms with Gasteiger partial charge in [-0.2, -0.15) is 0 Å². The topological polar surface area (TPSA) is 66.9 Å². The van der Waals surface area contributed by atoms with E-state index in [-0.39, 0.29) is 5.91 Å². The lowest BCUT2D eigenvalue weighted by Crippen LogP contribution is -2.25. The zero-order chi connectivity index (χ0) is 13.0. The molecule has 0 unspecified atom stereocenters. The van der Waals surface area contributed by atoms with Gasteiger partial charge in [-0.3, -0.25) is 4.79 Å². The molecule has 0 aromatic carbocycles. The first kappa shape index (κ1) is 12.8. The molecule has 2 rings (SSSR count). The zero-order valence-electron chi connectivity index (χ0n) is 10.9. The Labute approximate surface area is 107 Å². The molecule has 1 aliphatic carbocycles. The van der Waals surface area contributed by atoms with Crippen molar-refractivity contribution in [2.24, 2.45) is 5.92 Å². The Morgan fingerprint density at radius 1 is 1.39 bits per heavy atom. The maximum Gasteiger partial charge on any atom is 0.254 e. The highest BCUT2D eigenvalue weighted by Crippen LogP contribution is 2.19. The summed E-state index contributed by atoms with van der Waals surface area (Å²) in [7, 11) is 0. The molecular formula is C13H20N4O. The Balaban J connectivity index is 1.82. The lowest BCUT2D eigenvalue weighted by Gasteiger charge is -2.07. The Morgan fingerprint density at radius 2 is 2.06 bits per heavy atom. The smallest absolute Gasteiger partial charge is 0.254 e. The largest absolute Gasteiger partial charge is 0.354 e. The van der Waals surface area contributed by atoms with Crippen LogP contribution in [0.4, 0.5) is 5.95 Å². The molecule has 0 bridgehead atoms. The van der Waals surface area contributed by atoms with Crippen LogP contribution in [0.25, 0.3) is 0 Å². The number of rotatable bonds is 6. The van der Waals surface area contributed by atoms with E-state index in [1.807, 2.05) is 0 Å². The molecule has 1 amide bonds. The maximum atomic E-state index is 11.7. The first-order chi connectivity index (χ1) is 8.65. The lowest BCUT2D eigenvalue weighted by atomic mass is 10.1. The van der Waals surface area contributed by atoms with Crippen molar-refractivity contribution in [2.75, 3.05) is 11.9 Å². The fraction of sp³-hybridized carbons (Fsp3) is 0.615. The van der Waals surface area contributed by atoms with Crippen LogP contribution in [0.5, 0.6) is 0 Å². The summed E-state index contributed by atoms with van der Waals surface area (Å²) in [6, 6.07) is 0.362. The summed E-state index contributed by atoms with van der Waals surface area (Å²) in [5, 5.41) is 6.05. The molecule has 1 aliphatic rings. The van der Waals surface area contributed by atoms with Gasteiger partial charge >= 0.3 is 0 Å². The summed E-state index contributed by atoms with van der Waals surface area (Å²) >= 11 is 0. The molecule has 0 spiro atoms. The SMILES string of the molecule is CC(C)CCNc1ncc(C(=O)NC2CC2)cn1. The molecule has 0 aliphatic heterocycles. The average Bonchev–Trinajstić information content (AvgIpc) is 3.13. The molecule has 98 valence electrons. The van der Waals surface area contributed by atoms with Gasteiger partial charge < -0.3 is 10.6 Å². The Morgan fingerprint density at radius 3 is 2.61 bits per heavy atom. The molecule has 1 fully saturated rings. The molecule has 5 nitrogen and oxygen atoms in total. The van der Waals surface area contributed by atoms with Crippen LogP contribution >= 0.6 is 0 Å². The second-order valence-corrected chi connectivity index (χ2v) is 5.15. The highest BCUT2D eigenvalue weighted by Gasteiger charge is 2.23. The van der Waals surface area contributed by atoms with E-state index in [1.54, 1.807) is 12.4 Å². The van der Waals surface area contributed by atoms with E-state index < -0.39 is 0 Å². The molecule has 18 heavy (non-hydrogen) atoms. The van der Waals surface area contributed by atoms with Gasteiger partial charge in [0.1, 0.15) is 0 Å². The number of carbonyl (C=O) groups excluding carboxylic acids is 1. The third-order valence-corrected chi connectivity index (χ3v) is 2.83. The molecule has 1 heterocycles. The van der Waals surface area contributed by atoms with Gasteiger partial charge in [0.25, 0.3) is 5.91 Å². The highest BCUT2D eigenvalue weighted by atomic mass is 16.1. The van der Waals surface area contributed by atoms with Crippen LogP contribution in [0, 0.1) is 5.92 Å². The fourth-order valence-corrected chi connectivity index (χ4v) is 1.51. The van der Waals surface area contributed by atoms with E-state index in [0.717, 1.165) is 25.8 Å². The molecular weight excluding hydrogens is 228 g/mol. The van der Waals surface area contributed by atoms with Crippen LogP contribution in [-0.4, -0.2) is 28.5 Å². The first-order valence-electron chi connectivity index (χ1n) is 6.52. The molecule has 1 aromatic heterocycles. The minimum Gasteiger partial charge on any atom is -0.354 e. The second kappa shape index (κ2) is 5.80. The standard InChI is InChI=1S/C13H20N4O/c1-9(2)5-6-14-13-15-7-10(8-16-13)12(18)17-11-3-4-11/h7-9,11H,3-6H2,1-2H3,(H,17,18)(H,14,15,16). The zero-order valence-corrected chi connectivity index (χ0v) is 10.9. The number of hydrogen-bond donors (Lipinski definition) is 2. The average molecular weight is 248 g/mol. The van der Waals surface area contributed by atoms with Crippen molar-refractivity contribution in [3.8, 4) is 0 Å². The summed E-state index contributed by atoms with van der Waals surface area (Å²) in [6.45, 7) is 5.20. The second-order valence-electron chi connectivity index (χ2n) is 5.15. The van der Waals surface area contributed by atoms with E-state index in [1.165, 1.54) is 0 Å². The van der Waals surface area contributed by atoms with Crippen LogP contribution in [0.15, 0.2) is 12.4 Å². The summed E-state index contributed by atoms with van der Waals surface area (Å²) < 4.78 is 0. The quantitative estimate of drug-likeness (QED) is 0.806. The van der Waals surface area contributed by atoms with E-state index >= 15 is 0 Å². The Kier molecular flexibility index (Phi) is 4.12. The number of anilines is 1. The third-order valence-electron chi connectivity index (χ3n) is 2.83. The molecule has 2 N–H and O–H groups in total. The van der Waals surface area contributed by atoms with Gasteiger partial charge in [0.15, 0.2) is 0 Å². The molecule has 0 atom stereocenters. The molecule has 1 saturated carbocycles. The minimum atomic E-state index is -0.0776. The van der Waals surface area contributed by atoms with Crippen LogP contribution in [-0.2, 0) is 0 Å². The monoisotopic (exact) mass is 248 g/mol. The predicted octanol–water partition coefficient (Wildman–Crippen LogP) is 1.83. The summed E-state index contributed by atoms with van der Waals surface area (Å²) in [5.41, 5.74) is 0.524. The number of nitrogens with one attached hydrogen (secondary N) is 2. The van der Waals surface area contributed by atoms with Crippen LogP contribution in [0.3, 0.4) is 0 Å². The van der Waals surface area contributed by atoms with Crippen LogP contribution in [0.1, 0.15) is 43.5 Å². The van der Waals surface area contributed by atoms with Gasteiger partial charge in [-0.05, 0) is 25.2 Å². The van der Waals surface area contributed by atoms with Crippen molar-refractivity contribution >= 4 is 11.9 Å². The number of nitrogens with zero attached hydrogens (tertiary/aromatic N) is 2. The summed E-state index contributed by atoms with van der Waals surface area (Å²) in [6.07, 6.45) is 6.39. The van der Waals surface area contributed by atoms with Gasteiger partial charge in [0, 0.05) is 25.0 Å². The third kappa shape index (κ3) is 3.98. The van der Waals surface area contributed by atoms with Gasteiger partial charge in [-0.15, -0.1) is 0 Å². The van der Waals surface area contributed by atoms with Crippen molar-refractivity contribution in [3.63, 3.8) is 0 Å². The first-order valence-corrected chi connectivity index (χ1v) is 6.52. The molecule has 0 radical (unpaired) electrons. The Hall–Kier alpha value is -1.65. The maximum absolute atomic E-state index is 11.7. The minimum absolute atomic E-state index is 0.0776. The van der Waals surface area contributed by atoms with Crippen molar-refractivity contribution in [1.82, 2.24) is 15.3 Å². The highest BCUT2D eigenvalue weighted by molar-refractivity contribution is 5.94. The van der Waals surface area contributed by atoms with Gasteiger partial charge in [0.2, 0.25) is 5.95 Å². The number of aromatic nitrogens is 2. The molecule has 1 aromatic rings. The van der Waals surface area contributed by atoms with E-state index in [4.69, 9.17) is 0 Å². The van der Waals surface area contributed by atoms with Gasteiger partial charge in [0.05, 0.1) is 5.56 Å². The number of hydrogen-bond acceptors (Lipinski definition) is 4. The number of amides is 1. The molecule has 5 heteroatoms. The van der Waals surface area contributed by atoms with Gasteiger partial charge in [-0.25, -0.2) is 9.97 Å². The van der Waals surface area contributed by atoms with E-state index in [0.29, 0.717) is 23.5 Å². The van der Waals surface area contributed by atoms with Crippen molar-refractivity contribution in [3.05, 3.63) is 18.0 Å². The Bertz CT molecular complexity index is 398. The van der Waals surface area contributed by atoms with Crippen molar-refractivity contribution in [2.45, 2.75) is 39.2 Å². The van der Waals surface area contributed by atoms with Crippen LogP contribution < -0.4 is 10.6 Å². The van der Waals surface area contributed by atoms with E-state index in [9.17, 15) is 4.79 Å². The molecule has 0 saturated heterocycles. The lowest BCUT2D eigenvalue weighted by molar-refractivity contribution is 0.0950. The number of carbonyl (C=O) groups is 1. The van der Waals surface area contributed by atoms with Gasteiger partial charge in [-0.1, -0.05) is 13.8 Å². The normalized spacial score (nSPS) is 14.6. The summed E-state index contributed by atoms with van der Waals surface area (Å²) in [4.78, 5) is 20.0. The fourth-order valence-electron chi connectivity index (χ4n) is 1.51. The van der Waals surface area contributed by atoms with Crippen molar-refractivity contribution in [1.29, 1.82) is 0 Å². The van der Waals surface area contributed by atoms with E-state index in [2.05, 4.69) is 34.4 Å². The predicted molar refractivity (Wildman–Crippen MR) is 70.5 cm³/mol.